The van der Waals surface area contributed by atoms with Gasteiger partial charge in [-0.1, -0.05) is 12.8 Å². The largest absolute Gasteiger partial charge is 0.490 e. The van der Waals surface area contributed by atoms with Gasteiger partial charge in [0, 0.05) is 55.8 Å². The molecule has 28 heteroatoms. The Hall–Kier alpha value is -3.18. The lowest BCUT2D eigenvalue weighted by atomic mass is 10.0. The molecule has 59 heavy (non-hydrogen) atoms. The van der Waals surface area contributed by atoms with E-state index in [2.05, 4.69) is 44.7 Å². The van der Waals surface area contributed by atoms with Crippen molar-refractivity contribution >= 4 is 65.1 Å². The molecule has 3 saturated heterocycles. The standard InChI is InChI=1S/C31H50N7O17P3S/c39-24(8-2-1-5-14-32-25(40)9-4-3-7-23-28-22(19-59-23)35-30(43)36-28)33-15-6-10-26(41)34-16-13-20-17-38(31(44)37-29(20)42)27-12-11-21(53-27)18-52-57(48,49)55-58(50,51)54-56(45,46)47/h13,16-17,21-23,27-28H,1-12,14-15,18-19H2,(H,32,40)(H,33,39)(H,34,41)(H,48,49)(H,50,51)(H2,35,36,43)(H,37,42,44)(H2,45,46,47)/b16-13+/t21-,22-,23-,27+,28?/m0/s1. The van der Waals surface area contributed by atoms with Gasteiger partial charge in [-0.3, -0.25) is 33.3 Å². The first kappa shape index (κ1) is 48.5. The molecule has 3 unspecified atom stereocenters. The van der Waals surface area contributed by atoms with Crippen molar-refractivity contribution in [2.45, 2.75) is 107 Å². The molecule has 0 aliphatic carbocycles. The van der Waals surface area contributed by atoms with E-state index in [1.165, 1.54) is 12.3 Å². The number of rotatable bonds is 25. The fraction of sp³-hybridized carbons (Fsp3) is 0.677. The third-order valence-electron chi connectivity index (χ3n) is 9.12. The van der Waals surface area contributed by atoms with Crippen molar-refractivity contribution in [1.29, 1.82) is 0 Å². The molecule has 332 valence electrons. The van der Waals surface area contributed by atoms with Gasteiger partial charge >= 0.3 is 35.2 Å². The van der Waals surface area contributed by atoms with Crippen molar-refractivity contribution in [3.05, 3.63) is 38.8 Å². The lowest BCUT2D eigenvalue weighted by Gasteiger charge is -2.19. The van der Waals surface area contributed by atoms with Gasteiger partial charge in [-0.15, -0.1) is 0 Å². The van der Waals surface area contributed by atoms with Crippen molar-refractivity contribution in [3.63, 3.8) is 0 Å². The number of thioether (sulfide) groups is 1. The molecule has 0 spiro atoms. The van der Waals surface area contributed by atoms with Crippen LogP contribution in [0.4, 0.5) is 4.79 Å². The molecule has 1 aromatic heterocycles. The number of unbranched alkanes of at least 4 members (excludes halogenated alkanes) is 3. The molecule has 4 heterocycles. The van der Waals surface area contributed by atoms with Gasteiger partial charge in [0.15, 0.2) is 0 Å². The summed E-state index contributed by atoms with van der Waals surface area (Å²) in [5, 5.41) is 14.4. The zero-order chi connectivity index (χ0) is 43.2. The molecule has 0 aromatic carbocycles. The van der Waals surface area contributed by atoms with Crippen LogP contribution in [0.3, 0.4) is 0 Å². The van der Waals surface area contributed by atoms with E-state index in [4.69, 9.17) is 14.5 Å². The summed E-state index contributed by atoms with van der Waals surface area (Å²) in [7, 11) is -16.6. The number of phosphoric ester groups is 1. The highest BCUT2D eigenvalue weighted by molar-refractivity contribution is 8.00. The molecule has 24 nitrogen and oxygen atoms in total. The third-order valence-corrected chi connectivity index (χ3v) is 14.4. The van der Waals surface area contributed by atoms with Gasteiger partial charge in [0.1, 0.15) is 6.23 Å². The minimum atomic E-state index is -5.70. The Morgan fingerprint density at radius 3 is 2.25 bits per heavy atom. The van der Waals surface area contributed by atoms with Gasteiger partial charge in [-0.2, -0.15) is 20.4 Å². The molecule has 10 N–H and O–H groups in total. The predicted octanol–water partition coefficient (Wildman–Crippen LogP) is 0.943. The Labute approximate surface area is 341 Å². The fourth-order valence-corrected chi connectivity index (χ4v) is 11.0. The van der Waals surface area contributed by atoms with Gasteiger partial charge < -0.3 is 50.9 Å². The Kier molecular flexibility index (Phi) is 18.6. The number of hydrogen-bond acceptors (Lipinski definition) is 14. The van der Waals surface area contributed by atoms with Crippen LogP contribution >= 0.6 is 35.2 Å². The second kappa shape index (κ2) is 22.6. The summed E-state index contributed by atoms with van der Waals surface area (Å²) < 4.78 is 52.7. The van der Waals surface area contributed by atoms with E-state index in [1.54, 1.807) is 0 Å². The maximum Gasteiger partial charge on any atom is 0.490 e. The topological polar surface area (TPSA) is 352 Å². The number of carbonyl (C=O) groups excluding carboxylic acids is 4. The van der Waals surface area contributed by atoms with E-state index in [9.17, 15) is 52.2 Å². The Morgan fingerprint density at radius 1 is 0.864 bits per heavy atom. The van der Waals surface area contributed by atoms with E-state index < -0.39 is 59.6 Å². The maximum atomic E-state index is 12.5. The van der Waals surface area contributed by atoms with Gasteiger partial charge in [-0.25, -0.2) is 23.3 Å². The molecule has 0 saturated carbocycles. The Morgan fingerprint density at radius 2 is 1.54 bits per heavy atom. The number of nitrogens with one attached hydrogen (secondary N) is 6. The predicted molar refractivity (Wildman–Crippen MR) is 209 cm³/mol. The second-order valence-electron chi connectivity index (χ2n) is 13.8. The lowest BCUT2D eigenvalue weighted by molar-refractivity contribution is -0.122. The SMILES string of the molecule is O=C(CCCNC(=O)CCCCCNC(=O)CCCC[C@@H]1SC[C@@H]2NC(=O)NC21)N/C=C/c1cn([C@H]2CC[C@@H](COP(=O)(O)OP(=O)(O)OP(=O)(O)O)O2)c(=O)[nH]c1=O. The van der Waals surface area contributed by atoms with E-state index in [-0.39, 0.29) is 61.3 Å². The number of phosphoric acid groups is 3. The van der Waals surface area contributed by atoms with Crippen LogP contribution in [-0.2, 0) is 46.0 Å². The molecule has 3 aliphatic heterocycles. The van der Waals surface area contributed by atoms with E-state index in [1.807, 2.05) is 11.8 Å². The zero-order valence-electron chi connectivity index (χ0n) is 31.7. The number of amides is 5. The number of ether oxygens (including phenoxy) is 1. The van der Waals surface area contributed by atoms with Crippen LogP contribution in [0.2, 0.25) is 0 Å². The number of carbonyl (C=O) groups is 4. The van der Waals surface area contributed by atoms with Crippen LogP contribution in [0.15, 0.2) is 22.0 Å². The van der Waals surface area contributed by atoms with E-state index >= 15 is 0 Å². The van der Waals surface area contributed by atoms with Gasteiger partial charge in [0.05, 0.1) is 30.4 Å². The number of nitrogens with zero attached hydrogens (tertiary/aromatic N) is 1. The van der Waals surface area contributed by atoms with E-state index in [0.29, 0.717) is 37.5 Å². The van der Waals surface area contributed by atoms with Crippen molar-refractivity contribution in [1.82, 2.24) is 36.1 Å². The Bertz CT molecular complexity index is 1940. The smallest absolute Gasteiger partial charge is 0.356 e. The molecule has 0 bridgehead atoms. The van der Waals surface area contributed by atoms with Crippen molar-refractivity contribution < 1.29 is 70.3 Å². The summed E-state index contributed by atoms with van der Waals surface area (Å²) in [6, 6.07) is 0.263. The van der Waals surface area contributed by atoms with Crippen LogP contribution in [0, 0.1) is 0 Å². The van der Waals surface area contributed by atoms with Crippen LogP contribution < -0.4 is 37.8 Å². The highest BCUT2D eigenvalue weighted by atomic mass is 32.2. The number of fused-ring (bicyclic) bond motifs is 1. The first-order valence-electron chi connectivity index (χ1n) is 18.8. The molecule has 3 aliphatic rings. The molecule has 5 amide bonds. The highest BCUT2D eigenvalue weighted by Crippen LogP contribution is 2.66. The molecule has 4 rings (SSSR count). The average molecular weight is 918 g/mol. The molecule has 7 atom stereocenters. The first-order chi connectivity index (χ1) is 27.8. The highest BCUT2D eigenvalue weighted by Gasteiger charge is 2.43. The number of urea groups is 1. The minimum absolute atomic E-state index is 0.00399. The van der Waals surface area contributed by atoms with Crippen LogP contribution in [0.25, 0.3) is 6.08 Å². The van der Waals surface area contributed by atoms with Crippen molar-refractivity contribution in [2.24, 2.45) is 0 Å². The summed E-state index contributed by atoms with van der Waals surface area (Å²) in [5.41, 5.74) is -1.66. The quantitative estimate of drug-likeness (QED) is 0.0371. The second-order valence-corrected chi connectivity index (χ2v) is 19.5. The first-order valence-corrected chi connectivity index (χ1v) is 24.3. The fourth-order valence-electron chi connectivity index (χ4n) is 6.37. The van der Waals surface area contributed by atoms with Crippen LogP contribution in [0.5, 0.6) is 0 Å². The minimum Gasteiger partial charge on any atom is -0.356 e. The molecule has 1 aromatic rings. The third kappa shape index (κ3) is 17.4. The number of aromatic amines is 1. The number of hydrogen-bond donors (Lipinski definition) is 10. The summed E-state index contributed by atoms with van der Waals surface area (Å²) in [5.74, 6) is 0.364. The van der Waals surface area contributed by atoms with Crippen LogP contribution in [-0.4, -0.2) is 102 Å². The zero-order valence-corrected chi connectivity index (χ0v) is 35.2. The maximum absolute atomic E-state index is 12.5. The van der Waals surface area contributed by atoms with Gasteiger partial charge in [0.2, 0.25) is 17.7 Å². The van der Waals surface area contributed by atoms with E-state index in [0.717, 1.165) is 48.6 Å². The number of H-pyrrole nitrogens is 1. The van der Waals surface area contributed by atoms with Gasteiger partial charge in [-0.05, 0) is 51.0 Å². The normalized spacial score (nSPS) is 23.5. The van der Waals surface area contributed by atoms with Gasteiger partial charge in [0.25, 0.3) is 5.56 Å². The summed E-state index contributed by atoms with van der Waals surface area (Å²) in [6.45, 7) is 0.0942. The summed E-state index contributed by atoms with van der Waals surface area (Å²) in [4.78, 5) is 111. The average Bonchev–Trinajstić information content (AvgIpc) is 3.85. The molecule has 0 radical (unpaired) electrons. The monoisotopic (exact) mass is 917 g/mol. The molecule has 3 fully saturated rings. The lowest BCUT2D eigenvalue weighted by Crippen LogP contribution is -2.36. The van der Waals surface area contributed by atoms with Crippen LogP contribution in [0.1, 0.15) is 88.8 Å². The Balaban J connectivity index is 1.03. The number of aromatic nitrogens is 2. The molecular formula is C31H50N7O17P3S. The van der Waals surface area contributed by atoms with Crippen molar-refractivity contribution in [2.75, 3.05) is 25.4 Å². The van der Waals surface area contributed by atoms with Crippen molar-refractivity contribution in [3.8, 4) is 0 Å². The summed E-state index contributed by atoms with van der Waals surface area (Å²) >= 11 is 1.86. The summed E-state index contributed by atoms with van der Waals surface area (Å²) in [6.07, 6.45) is 7.93. The molecular weight excluding hydrogens is 867 g/mol.